The molecule has 1 aliphatic heterocycles. The van der Waals surface area contributed by atoms with E-state index in [1.807, 2.05) is 0 Å². The first kappa shape index (κ1) is 10.6. The Hall–Kier alpha value is -0.950. The zero-order valence-electron chi connectivity index (χ0n) is 8.39. The molecule has 0 aromatic carbocycles. The predicted molar refractivity (Wildman–Crippen MR) is 53.6 cm³/mol. The van der Waals surface area contributed by atoms with Crippen LogP contribution in [0.25, 0.3) is 0 Å². The summed E-state index contributed by atoms with van der Waals surface area (Å²) in [5.41, 5.74) is 0. The number of nitrogens with zero attached hydrogens (tertiary/aromatic N) is 3. The van der Waals surface area contributed by atoms with E-state index in [4.69, 9.17) is 0 Å². The van der Waals surface area contributed by atoms with Crippen molar-refractivity contribution in [3.8, 4) is 0 Å². The molecule has 1 aromatic rings. The predicted octanol–water partition coefficient (Wildman–Crippen LogP) is 0.369. The Balaban J connectivity index is 2.21. The van der Waals surface area contributed by atoms with E-state index in [2.05, 4.69) is 15.2 Å². The van der Waals surface area contributed by atoms with Gasteiger partial charge < -0.3 is 0 Å². The molecule has 0 aliphatic carbocycles. The molecule has 15 heavy (non-hydrogen) atoms. The van der Waals surface area contributed by atoms with Gasteiger partial charge in [-0.2, -0.15) is 4.31 Å². The van der Waals surface area contributed by atoms with Gasteiger partial charge in [-0.1, -0.05) is 12.8 Å². The van der Waals surface area contributed by atoms with Crippen molar-refractivity contribution >= 4 is 10.0 Å². The van der Waals surface area contributed by atoms with Gasteiger partial charge in [-0.25, -0.2) is 13.4 Å². The molecule has 1 aliphatic rings. The van der Waals surface area contributed by atoms with Crippen molar-refractivity contribution in [2.24, 2.45) is 0 Å². The lowest BCUT2D eigenvalue weighted by molar-refractivity contribution is 0.419. The number of aromatic amines is 1. The first-order valence-corrected chi connectivity index (χ1v) is 6.51. The van der Waals surface area contributed by atoms with E-state index < -0.39 is 10.0 Å². The minimum atomic E-state index is -3.46. The van der Waals surface area contributed by atoms with E-state index >= 15 is 0 Å². The SMILES string of the molecule is O=S(=O)(c1nc[nH]n1)N1CCCCCC1. The summed E-state index contributed by atoms with van der Waals surface area (Å²) in [6.45, 7) is 1.16. The number of nitrogens with one attached hydrogen (secondary N) is 1. The summed E-state index contributed by atoms with van der Waals surface area (Å²) >= 11 is 0. The molecule has 0 amide bonds. The monoisotopic (exact) mass is 230 g/mol. The number of hydrogen-bond donors (Lipinski definition) is 1. The van der Waals surface area contributed by atoms with Crippen LogP contribution in [0.1, 0.15) is 25.7 Å². The molecule has 0 unspecified atom stereocenters. The van der Waals surface area contributed by atoms with Crippen LogP contribution in [0.4, 0.5) is 0 Å². The van der Waals surface area contributed by atoms with Crippen LogP contribution in [0.5, 0.6) is 0 Å². The molecule has 0 saturated carbocycles. The summed E-state index contributed by atoms with van der Waals surface area (Å²) in [6.07, 6.45) is 5.32. The standard InChI is InChI=1S/C8H14N4O2S/c13-15(14,8-9-7-10-11-8)12-5-3-1-2-4-6-12/h7H,1-6H2,(H,9,10,11). The average molecular weight is 230 g/mol. The van der Waals surface area contributed by atoms with Crippen LogP contribution in [0.3, 0.4) is 0 Å². The van der Waals surface area contributed by atoms with Gasteiger partial charge in [-0.15, -0.1) is 5.10 Å². The van der Waals surface area contributed by atoms with Gasteiger partial charge in [0.15, 0.2) is 0 Å². The fraction of sp³-hybridized carbons (Fsp3) is 0.750. The maximum atomic E-state index is 12.0. The third-order valence-electron chi connectivity index (χ3n) is 2.53. The van der Waals surface area contributed by atoms with E-state index in [-0.39, 0.29) is 5.16 Å². The summed E-state index contributed by atoms with van der Waals surface area (Å²) < 4.78 is 25.4. The van der Waals surface area contributed by atoms with Gasteiger partial charge in [0.25, 0.3) is 15.2 Å². The maximum absolute atomic E-state index is 12.0. The van der Waals surface area contributed by atoms with Crippen LogP contribution < -0.4 is 0 Å². The van der Waals surface area contributed by atoms with Crippen molar-refractivity contribution in [1.82, 2.24) is 19.5 Å². The number of hydrogen-bond acceptors (Lipinski definition) is 4. The summed E-state index contributed by atoms with van der Waals surface area (Å²) in [4.78, 5) is 3.70. The Kier molecular flexibility index (Phi) is 3.01. The Morgan fingerprint density at radius 3 is 2.40 bits per heavy atom. The third-order valence-corrected chi connectivity index (χ3v) is 4.23. The lowest BCUT2D eigenvalue weighted by Gasteiger charge is -2.17. The fourth-order valence-electron chi connectivity index (χ4n) is 1.72. The van der Waals surface area contributed by atoms with E-state index in [1.54, 1.807) is 0 Å². The van der Waals surface area contributed by atoms with Crippen LogP contribution in [0.2, 0.25) is 0 Å². The minimum absolute atomic E-state index is 0.121. The number of aromatic nitrogens is 3. The van der Waals surface area contributed by atoms with Crippen molar-refractivity contribution in [3.63, 3.8) is 0 Å². The highest BCUT2D eigenvalue weighted by atomic mass is 32.2. The molecular weight excluding hydrogens is 216 g/mol. The molecule has 0 atom stereocenters. The van der Waals surface area contributed by atoms with Gasteiger partial charge >= 0.3 is 0 Å². The van der Waals surface area contributed by atoms with Crippen molar-refractivity contribution < 1.29 is 8.42 Å². The van der Waals surface area contributed by atoms with E-state index in [0.29, 0.717) is 13.1 Å². The molecular formula is C8H14N4O2S. The highest BCUT2D eigenvalue weighted by Crippen LogP contribution is 2.16. The van der Waals surface area contributed by atoms with E-state index in [9.17, 15) is 8.42 Å². The van der Waals surface area contributed by atoms with Crippen molar-refractivity contribution in [1.29, 1.82) is 0 Å². The second kappa shape index (κ2) is 4.28. The van der Waals surface area contributed by atoms with Gasteiger partial charge in [-0.05, 0) is 12.8 Å². The van der Waals surface area contributed by atoms with E-state index in [1.165, 1.54) is 10.6 Å². The lowest BCUT2D eigenvalue weighted by atomic mass is 10.2. The molecule has 84 valence electrons. The second-order valence-electron chi connectivity index (χ2n) is 3.60. The number of sulfonamides is 1. The Morgan fingerprint density at radius 2 is 1.87 bits per heavy atom. The summed E-state index contributed by atoms with van der Waals surface area (Å²) in [7, 11) is -3.46. The molecule has 1 aromatic heterocycles. The third kappa shape index (κ3) is 2.18. The molecule has 0 bridgehead atoms. The smallest absolute Gasteiger partial charge is 0.265 e. The van der Waals surface area contributed by atoms with Crippen LogP contribution in [-0.4, -0.2) is 41.0 Å². The quantitative estimate of drug-likeness (QED) is 0.796. The molecule has 0 radical (unpaired) electrons. The largest absolute Gasteiger partial charge is 0.282 e. The lowest BCUT2D eigenvalue weighted by Crippen LogP contribution is -2.32. The summed E-state index contributed by atoms with van der Waals surface area (Å²) in [5.74, 6) is 0. The van der Waals surface area contributed by atoms with Crippen LogP contribution in [-0.2, 0) is 10.0 Å². The van der Waals surface area contributed by atoms with Crippen LogP contribution in [0.15, 0.2) is 11.5 Å². The molecule has 2 heterocycles. The second-order valence-corrected chi connectivity index (χ2v) is 5.43. The topological polar surface area (TPSA) is 79.0 Å². The fourth-order valence-corrected chi connectivity index (χ4v) is 3.04. The molecule has 1 N–H and O–H groups in total. The number of H-pyrrole nitrogens is 1. The Morgan fingerprint density at radius 1 is 1.20 bits per heavy atom. The van der Waals surface area contributed by atoms with Gasteiger partial charge in [0, 0.05) is 13.1 Å². The van der Waals surface area contributed by atoms with Crippen molar-refractivity contribution in [2.75, 3.05) is 13.1 Å². The summed E-state index contributed by atoms with van der Waals surface area (Å²) in [5, 5.41) is 5.93. The minimum Gasteiger partial charge on any atom is -0.265 e. The highest BCUT2D eigenvalue weighted by molar-refractivity contribution is 7.88. The van der Waals surface area contributed by atoms with Crippen molar-refractivity contribution in [3.05, 3.63) is 6.33 Å². The normalized spacial score (nSPS) is 20.0. The molecule has 7 heteroatoms. The summed E-state index contributed by atoms with van der Waals surface area (Å²) in [6, 6.07) is 0. The van der Waals surface area contributed by atoms with Crippen LogP contribution >= 0.6 is 0 Å². The molecule has 6 nitrogen and oxygen atoms in total. The number of rotatable bonds is 2. The molecule has 0 spiro atoms. The first-order valence-electron chi connectivity index (χ1n) is 5.07. The molecule has 2 rings (SSSR count). The Bertz CT molecular complexity index is 392. The van der Waals surface area contributed by atoms with Gasteiger partial charge in [0.2, 0.25) is 0 Å². The zero-order valence-corrected chi connectivity index (χ0v) is 9.20. The van der Waals surface area contributed by atoms with E-state index in [0.717, 1.165) is 25.7 Å². The first-order chi connectivity index (χ1) is 7.21. The Labute approximate surface area is 88.8 Å². The molecule has 1 fully saturated rings. The van der Waals surface area contributed by atoms with Crippen molar-refractivity contribution in [2.45, 2.75) is 30.8 Å². The van der Waals surface area contributed by atoms with Gasteiger partial charge in [0.1, 0.15) is 6.33 Å². The highest BCUT2D eigenvalue weighted by Gasteiger charge is 2.27. The van der Waals surface area contributed by atoms with Crippen LogP contribution in [0, 0.1) is 0 Å². The zero-order chi connectivity index (χ0) is 10.7. The maximum Gasteiger partial charge on any atom is 0.282 e. The van der Waals surface area contributed by atoms with Gasteiger partial charge in [-0.3, -0.25) is 5.10 Å². The average Bonchev–Trinajstić information content (AvgIpc) is 2.61. The van der Waals surface area contributed by atoms with Gasteiger partial charge in [0.05, 0.1) is 0 Å². The molecule has 1 saturated heterocycles.